The van der Waals surface area contributed by atoms with Gasteiger partial charge in [0.15, 0.2) is 0 Å². The number of aromatic nitrogens is 2. The van der Waals surface area contributed by atoms with E-state index in [0.717, 1.165) is 25.3 Å². The molecule has 0 aliphatic heterocycles. The summed E-state index contributed by atoms with van der Waals surface area (Å²) in [6, 6.07) is 1.71. The number of hydrogen-bond acceptors (Lipinski definition) is 5. The molecule has 1 aliphatic rings. The summed E-state index contributed by atoms with van der Waals surface area (Å²) in [5.74, 6) is 1.87. The van der Waals surface area contributed by atoms with Crippen molar-refractivity contribution in [1.29, 1.82) is 0 Å². The molecule has 1 heterocycles. The highest BCUT2D eigenvalue weighted by atomic mass is 16.5. The summed E-state index contributed by atoms with van der Waals surface area (Å²) in [7, 11) is 3.56. The normalized spacial score (nSPS) is 23.6. The van der Waals surface area contributed by atoms with Crippen molar-refractivity contribution in [1.82, 2.24) is 15.3 Å². The lowest BCUT2D eigenvalue weighted by Crippen LogP contribution is -2.38. The molecule has 16 heavy (non-hydrogen) atoms. The topological polar surface area (TPSA) is 56.3 Å². The summed E-state index contributed by atoms with van der Waals surface area (Å²) in [6.07, 6.45) is 3.93. The molecule has 1 aromatic heterocycles. The van der Waals surface area contributed by atoms with Gasteiger partial charge in [0, 0.05) is 0 Å². The Balaban J connectivity index is 1.82. The highest BCUT2D eigenvalue weighted by molar-refractivity contribution is 5.18. The fourth-order valence-electron chi connectivity index (χ4n) is 1.90. The molecule has 0 atom stereocenters. The van der Waals surface area contributed by atoms with Gasteiger partial charge in [-0.05, 0) is 32.4 Å². The number of nitrogens with one attached hydrogen (secondary N) is 1. The lowest BCUT2D eigenvalue weighted by atomic mass is 9.82. The summed E-state index contributed by atoms with van der Waals surface area (Å²) in [5.41, 5.74) is 0. The Labute approximate surface area is 95.2 Å². The molecule has 0 amide bonds. The molecule has 0 unspecified atom stereocenters. The third kappa shape index (κ3) is 2.61. The predicted octanol–water partition coefficient (Wildman–Crippen LogP) is 0.862. The fraction of sp³-hybridized carbons (Fsp3) is 0.636. The zero-order valence-electron chi connectivity index (χ0n) is 9.64. The summed E-state index contributed by atoms with van der Waals surface area (Å²) in [6.45, 7) is 1.06. The van der Waals surface area contributed by atoms with E-state index < -0.39 is 0 Å². The summed E-state index contributed by atoms with van der Waals surface area (Å²) < 4.78 is 10.7. The minimum atomic E-state index is 0.290. The van der Waals surface area contributed by atoms with Crippen molar-refractivity contribution in [2.24, 2.45) is 5.92 Å². The van der Waals surface area contributed by atoms with Crippen LogP contribution in [0.5, 0.6) is 11.8 Å². The summed E-state index contributed by atoms with van der Waals surface area (Å²) in [5, 5.41) is 3.17. The van der Waals surface area contributed by atoms with Gasteiger partial charge in [-0.3, -0.25) is 0 Å². The lowest BCUT2D eigenvalue weighted by Gasteiger charge is -2.34. The second-order valence-corrected chi connectivity index (χ2v) is 4.03. The molecule has 0 radical (unpaired) electrons. The Morgan fingerprint density at radius 1 is 1.38 bits per heavy atom. The minimum absolute atomic E-state index is 0.290. The van der Waals surface area contributed by atoms with Crippen LogP contribution in [-0.2, 0) is 0 Å². The van der Waals surface area contributed by atoms with Crippen LogP contribution in [0.15, 0.2) is 12.4 Å². The number of hydrogen-bond donors (Lipinski definition) is 1. The van der Waals surface area contributed by atoms with E-state index in [-0.39, 0.29) is 6.10 Å². The molecule has 0 saturated heterocycles. The predicted molar refractivity (Wildman–Crippen MR) is 59.7 cm³/mol. The molecule has 1 N–H and O–H groups in total. The molecule has 0 aromatic carbocycles. The van der Waals surface area contributed by atoms with Gasteiger partial charge in [-0.1, -0.05) is 0 Å². The van der Waals surface area contributed by atoms with Crippen LogP contribution in [0.2, 0.25) is 0 Å². The lowest BCUT2D eigenvalue weighted by molar-refractivity contribution is 0.0613. The molecule has 2 rings (SSSR count). The second kappa shape index (κ2) is 5.12. The van der Waals surface area contributed by atoms with Crippen LogP contribution < -0.4 is 14.8 Å². The second-order valence-electron chi connectivity index (χ2n) is 4.03. The van der Waals surface area contributed by atoms with Gasteiger partial charge in [0.1, 0.15) is 12.4 Å². The van der Waals surface area contributed by atoms with Crippen molar-refractivity contribution in [2.75, 3.05) is 20.7 Å². The van der Waals surface area contributed by atoms with E-state index >= 15 is 0 Å². The van der Waals surface area contributed by atoms with E-state index in [1.165, 1.54) is 6.33 Å². The quantitative estimate of drug-likeness (QED) is 0.802. The highest BCUT2D eigenvalue weighted by Gasteiger charge is 2.30. The third-order valence-corrected chi connectivity index (χ3v) is 2.80. The molecule has 1 aromatic rings. The number of rotatable bonds is 5. The molecule has 0 spiro atoms. The van der Waals surface area contributed by atoms with Crippen LogP contribution in [0.25, 0.3) is 0 Å². The first-order chi connectivity index (χ1) is 7.81. The Bertz CT molecular complexity index is 340. The van der Waals surface area contributed by atoms with E-state index in [0.29, 0.717) is 11.8 Å². The van der Waals surface area contributed by atoms with Crippen LogP contribution in [0.3, 0.4) is 0 Å². The first-order valence-electron chi connectivity index (χ1n) is 5.49. The Kier molecular flexibility index (Phi) is 3.56. The first kappa shape index (κ1) is 11.1. The standard InChI is InChI=1S/C11H17N3O2/c1-12-6-8-3-9(4-8)16-11-5-10(15-2)13-7-14-11/h5,7-9,12H,3-4,6H2,1-2H3. The Hall–Kier alpha value is -1.36. The van der Waals surface area contributed by atoms with Crippen molar-refractivity contribution in [3.63, 3.8) is 0 Å². The van der Waals surface area contributed by atoms with Crippen LogP contribution >= 0.6 is 0 Å². The third-order valence-electron chi connectivity index (χ3n) is 2.80. The SMILES string of the molecule is CNCC1CC(Oc2cc(OC)ncn2)C1. The van der Waals surface area contributed by atoms with Gasteiger partial charge < -0.3 is 14.8 Å². The highest BCUT2D eigenvalue weighted by Crippen LogP contribution is 2.30. The molecular weight excluding hydrogens is 206 g/mol. The van der Waals surface area contributed by atoms with E-state index in [2.05, 4.69) is 15.3 Å². The van der Waals surface area contributed by atoms with Crippen LogP contribution in [-0.4, -0.2) is 36.8 Å². The number of nitrogens with zero attached hydrogens (tertiary/aromatic N) is 2. The van der Waals surface area contributed by atoms with E-state index in [4.69, 9.17) is 9.47 Å². The minimum Gasteiger partial charge on any atom is -0.481 e. The van der Waals surface area contributed by atoms with E-state index in [9.17, 15) is 0 Å². The molecule has 1 fully saturated rings. The van der Waals surface area contributed by atoms with Gasteiger partial charge in [0.2, 0.25) is 11.8 Å². The van der Waals surface area contributed by atoms with Crippen molar-refractivity contribution < 1.29 is 9.47 Å². The van der Waals surface area contributed by atoms with E-state index in [1.54, 1.807) is 13.2 Å². The average Bonchev–Trinajstić information content (AvgIpc) is 2.27. The van der Waals surface area contributed by atoms with Crippen molar-refractivity contribution >= 4 is 0 Å². The van der Waals surface area contributed by atoms with Crippen LogP contribution in [0, 0.1) is 5.92 Å². The molecule has 5 nitrogen and oxygen atoms in total. The maximum Gasteiger partial charge on any atom is 0.220 e. The molecule has 88 valence electrons. The maximum atomic E-state index is 5.71. The summed E-state index contributed by atoms with van der Waals surface area (Å²) in [4.78, 5) is 7.98. The van der Waals surface area contributed by atoms with Gasteiger partial charge in [0.05, 0.1) is 13.2 Å². The molecule has 1 aliphatic carbocycles. The van der Waals surface area contributed by atoms with Crippen LogP contribution in [0.4, 0.5) is 0 Å². The number of methoxy groups -OCH3 is 1. The van der Waals surface area contributed by atoms with Gasteiger partial charge in [0.25, 0.3) is 0 Å². The van der Waals surface area contributed by atoms with Gasteiger partial charge in [-0.2, -0.15) is 0 Å². The summed E-state index contributed by atoms with van der Waals surface area (Å²) >= 11 is 0. The van der Waals surface area contributed by atoms with Crippen molar-refractivity contribution in [3.8, 4) is 11.8 Å². The van der Waals surface area contributed by atoms with Crippen molar-refractivity contribution in [3.05, 3.63) is 12.4 Å². The largest absolute Gasteiger partial charge is 0.481 e. The maximum absolute atomic E-state index is 5.71. The molecular formula is C11H17N3O2. The first-order valence-corrected chi connectivity index (χ1v) is 5.49. The Morgan fingerprint density at radius 3 is 2.81 bits per heavy atom. The van der Waals surface area contributed by atoms with Gasteiger partial charge >= 0.3 is 0 Å². The zero-order chi connectivity index (χ0) is 11.4. The number of ether oxygens (including phenoxy) is 2. The van der Waals surface area contributed by atoms with Gasteiger partial charge in [-0.25, -0.2) is 9.97 Å². The van der Waals surface area contributed by atoms with E-state index in [1.807, 2.05) is 7.05 Å². The monoisotopic (exact) mass is 223 g/mol. The zero-order valence-corrected chi connectivity index (χ0v) is 9.64. The molecule has 0 bridgehead atoms. The van der Waals surface area contributed by atoms with Gasteiger partial charge in [-0.15, -0.1) is 0 Å². The van der Waals surface area contributed by atoms with Crippen molar-refractivity contribution in [2.45, 2.75) is 18.9 Å². The smallest absolute Gasteiger partial charge is 0.220 e. The average molecular weight is 223 g/mol. The fourth-order valence-corrected chi connectivity index (χ4v) is 1.90. The van der Waals surface area contributed by atoms with Crippen LogP contribution in [0.1, 0.15) is 12.8 Å². The molecule has 5 heteroatoms. The molecule has 1 saturated carbocycles. The Morgan fingerprint density at radius 2 is 2.12 bits per heavy atom.